The van der Waals surface area contributed by atoms with Crippen LogP contribution in [0.2, 0.25) is 0 Å². The van der Waals surface area contributed by atoms with E-state index in [2.05, 4.69) is 26.6 Å². The number of anilines is 1. The van der Waals surface area contributed by atoms with Crippen LogP contribution >= 0.6 is 39.7 Å². The van der Waals surface area contributed by atoms with Crippen LogP contribution in [0.4, 0.5) is 10.1 Å². The summed E-state index contributed by atoms with van der Waals surface area (Å²) in [5, 5.41) is 7.90. The van der Waals surface area contributed by atoms with E-state index in [4.69, 9.17) is 0 Å². The first-order chi connectivity index (χ1) is 10.6. The predicted octanol–water partition coefficient (Wildman–Crippen LogP) is 4.29. The Morgan fingerprint density at radius 1 is 1.43 bits per heavy atom. The molecule has 0 atom stereocenters. The number of benzene rings is 1. The normalized spacial score (nSPS) is 13.1. The summed E-state index contributed by atoms with van der Waals surface area (Å²) in [6.45, 7) is 1.46. The Kier molecular flexibility index (Phi) is 6.59. The van der Waals surface area contributed by atoms with Crippen LogP contribution in [0.5, 0.6) is 0 Å². The fraction of sp³-hybridized carbons (Fsp3) is 0.312. The number of rotatable bonds is 4. The van der Waals surface area contributed by atoms with Crippen LogP contribution in [0.1, 0.15) is 22.4 Å². The number of hydrogen-bond acceptors (Lipinski definition) is 3. The lowest BCUT2D eigenvalue weighted by Gasteiger charge is -2.19. The molecule has 2 N–H and O–H groups in total. The third kappa shape index (κ3) is 4.53. The van der Waals surface area contributed by atoms with Crippen molar-refractivity contribution in [2.45, 2.75) is 25.8 Å². The first kappa shape index (κ1) is 18.4. The van der Waals surface area contributed by atoms with Crippen molar-refractivity contribution in [1.82, 2.24) is 5.32 Å². The summed E-state index contributed by atoms with van der Waals surface area (Å²) in [6, 6.07) is 5.54. The minimum atomic E-state index is -0.286. The van der Waals surface area contributed by atoms with Crippen LogP contribution in [0, 0.1) is 5.82 Å². The fourth-order valence-corrected chi connectivity index (χ4v) is 4.02. The van der Waals surface area contributed by atoms with Gasteiger partial charge in [0.1, 0.15) is 5.82 Å². The highest BCUT2D eigenvalue weighted by Gasteiger charge is 2.17. The van der Waals surface area contributed by atoms with Gasteiger partial charge in [0.25, 0.3) is 0 Å². The van der Waals surface area contributed by atoms with Crippen molar-refractivity contribution in [2.75, 3.05) is 11.9 Å². The molecule has 1 aliphatic heterocycles. The summed E-state index contributed by atoms with van der Waals surface area (Å²) < 4.78 is 15.5. The van der Waals surface area contributed by atoms with Gasteiger partial charge in [0.15, 0.2) is 0 Å². The molecule has 0 unspecified atom stereocenters. The molecule has 1 aliphatic rings. The van der Waals surface area contributed by atoms with Crippen molar-refractivity contribution in [1.29, 1.82) is 0 Å². The van der Waals surface area contributed by atoms with Gasteiger partial charge in [-0.05, 0) is 58.6 Å². The minimum Gasteiger partial charge on any atom is -0.324 e. The molecule has 0 aliphatic carbocycles. The van der Waals surface area contributed by atoms with Gasteiger partial charge in [0.05, 0.1) is 5.69 Å². The average molecular weight is 420 g/mol. The molecule has 23 heavy (non-hydrogen) atoms. The average Bonchev–Trinajstić information content (AvgIpc) is 2.94. The maximum absolute atomic E-state index is 14.4. The number of nitrogens with one attached hydrogen (secondary N) is 2. The lowest BCUT2D eigenvalue weighted by Crippen LogP contribution is -2.25. The molecular formula is C16H17BrClFN2OS. The van der Waals surface area contributed by atoms with E-state index in [0.29, 0.717) is 25.8 Å². The molecular weight excluding hydrogens is 403 g/mol. The SMILES string of the molecule is Cl.O=C(CCc1cc(Br)cs1)Nc1ccc2c(c1F)CCNC2. The third-order valence-electron chi connectivity index (χ3n) is 3.70. The molecule has 0 fully saturated rings. The molecule has 2 heterocycles. The number of halogens is 3. The highest BCUT2D eigenvalue weighted by molar-refractivity contribution is 9.10. The molecule has 0 radical (unpaired) electrons. The Hall–Kier alpha value is -0.950. The van der Waals surface area contributed by atoms with Gasteiger partial charge in [0.2, 0.25) is 5.91 Å². The molecule has 3 nitrogen and oxygen atoms in total. The van der Waals surface area contributed by atoms with Crippen LogP contribution in [0.25, 0.3) is 0 Å². The topological polar surface area (TPSA) is 41.1 Å². The monoisotopic (exact) mass is 418 g/mol. The summed E-state index contributed by atoms with van der Waals surface area (Å²) in [5.41, 5.74) is 1.99. The van der Waals surface area contributed by atoms with Crippen LogP contribution in [0.15, 0.2) is 28.1 Å². The molecule has 1 amide bonds. The lowest BCUT2D eigenvalue weighted by atomic mass is 9.99. The van der Waals surface area contributed by atoms with Gasteiger partial charge in [-0.1, -0.05) is 6.07 Å². The van der Waals surface area contributed by atoms with Crippen molar-refractivity contribution in [3.05, 3.63) is 49.9 Å². The number of fused-ring (bicyclic) bond motifs is 1. The molecule has 3 rings (SSSR count). The van der Waals surface area contributed by atoms with Gasteiger partial charge in [-0.25, -0.2) is 4.39 Å². The number of hydrogen-bond donors (Lipinski definition) is 2. The van der Waals surface area contributed by atoms with Crippen molar-refractivity contribution < 1.29 is 9.18 Å². The molecule has 0 bridgehead atoms. The van der Waals surface area contributed by atoms with Crippen molar-refractivity contribution in [3.63, 3.8) is 0 Å². The molecule has 1 aromatic heterocycles. The summed E-state index contributed by atoms with van der Waals surface area (Å²) in [7, 11) is 0. The highest BCUT2D eigenvalue weighted by atomic mass is 79.9. The van der Waals surface area contributed by atoms with Crippen molar-refractivity contribution in [2.24, 2.45) is 0 Å². The zero-order valence-corrected chi connectivity index (χ0v) is 15.5. The van der Waals surface area contributed by atoms with E-state index in [1.54, 1.807) is 17.4 Å². The van der Waals surface area contributed by atoms with Crippen LogP contribution in [-0.2, 0) is 24.2 Å². The molecule has 124 valence electrons. The summed E-state index contributed by atoms with van der Waals surface area (Å²) in [5.74, 6) is -0.441. The molecule has 1 aromatic carbocycles. The molecule has 0 saturated carbocycles. The number of carbonyl (C=O) groups excluding carboxylic acids is 1. The number of thiophene rings is 1. The maximum atomic E-state index is 14.4. The van der Waals surface area contributed by atoms with Gasteiger partial charge < -0.3 is 10.6 Å². The predicted molar refractivity (Wildman–Crippen MR) is 98.0 cm³/mol. The van der Waals surface area contributed by atoms with Gasteiger partial charge in [0, 0.05) is 27.7 Å². The second kappa shape index (κ2) is 8.24. The summed E-state index contributed by atoms with van der Waals surface area (Å²) >= 11 is 5.00. The first-order valence-electron chi connectivity index (χ1n) is 7.17. The quantitative estimate of drug-likeness (QED) is 0.776. The van der Waals surface area contributed by atoms with Crippen molar-refractivity contribution in [3.8, 4) is 0 Å². The highest BCUT2D eigenvalue weighted by Crippen LogP contribution is 2.25. The number of carbonyl (C=O) groups is 1. The van der Waals surface area contributed by atoms with E-state index in [1.165, 1.54) is 0 Å². The Bertz CT molecular complexity index is 707. The largest absolute Gasteiger partial charge is 0.324 e. The van der Waals surface area contributed by atoms with Crippen LogP contribution in [0.3, 0.4) is 0 Å². The lowest BCUT2D eigenvalue weighted by molar-refractivity contribution is -0.116. The Labute approximate surface area is 153 Å². The Morgan fingerprint density at radius 3 is 3.00 bits per heavy atom. The molecule has 0 saturated heterocycles. The van der Waals surface area contributed by atoms with Gasteiger partial charge in [-0.15, -0.1) is 23.7 Å². The zero-order valence-electron chi connectivity index (χ0n) is 12.3. The van der Waals surface area contributed by atoms with Gasteiger partial charge >= 0.3 is 0 Å². The summed E-state index contributed by atoms with van der Waals surface area (Å²) in [6.07, 6.45) is 1.68. The van der Waals surface area contributed by atoms with Crippen LogP contribution < -0.4 is 10.6 Å². The minimum absolute atomic E-state index is 0. The van der Waals surface area contributed by atoms with E-state index >= 15 is 0 Å². The number of amides is 1. The van der Waals surface area contributed by atoms with Crippen molar-refractivity contribution >= 4 is 51.3 Å². The third-order valence-corrected chi connectivity index (χ3v) is 5.46. The van der Waals surface area contributed by atoms with Gasteiger partial charge in [-0.3, -0.25) is 4.79 Å². The second-order valence-electron chi connectivity index (χ2n) is 5.27. The van der Waals surface area contributed by atoms with Crippen LogP contribution in [-0.4, -0.2) is 12.5 Å². The standard InChI is InChI=1S/C16H16BrFN2OS.ClH/c17-11-7-12(22-9-11)2-4-15(21)20-14-3-1-10-8-19-6-5-13(10)16(14)18;/h1,3,7,9,19H,2,4-6,8H2,(H,20,21);1H. The van der Waals surface area contributed by atoms with E-state index in [-0.39, 0.29) is 29.8 Å². The van der Waals surface area contributed by atoms with E-state index in [1.807, 2.05) is 17.5 Å². The zero-order chi connectivity index (χ0) is 15.5. The maximum Gasteiger partial charge on any atom is 0.224 e. The fourth-order valence-electron chi connectivity index (χ4n) is 2.56. The van der Waals surface area contributed by atoms with Gasteiger partial charge in [-0.2, -0.15) is 0 Å². The molecule has 7 heteroatoms. The smallest absolute Gasteiger partial charge is 0.224 e. The Balaban J connectivity index is 0.00000192. The van der Waals surface area contributed by atoms with E-state index in [0.717, 1.165) is 27.0 Å². The number of aryl methyl sites for hydroxylation is 1. The summed E-state index contributed by atoms with van der Waals surface area (Å²) in [4.78, 5) is 13.2. The molecule has 0 spiro atoms. The molecule has 2 aromatic rings. The Morgan fingerprint density at radius 2 is 2.26 bits per heavy atom. The second-order valence-corrected chi connectivity index (χ2v) is 7.18. The van der Waals surface area contributed by atoms with E-state index < -0.39 is 0 Å². The van der Waals surface area contributed by atoms with E-state index in [9.17, 15) is 9.18 Å². The first-order valence-corrected chi connectivity index (χ1v) is 8.84.